The summed E-state index contributed by atoms with van der Waals surface area (Å²) in [5.74, 6) is 0.0789. The first-order valence-electron chi connectivity index (χ1n) is 8.62. The van der Waals surface area contributed by atoms with Crippen LogP contribution >= 0.6 is 0 Å². The lowest BCUT2D eigenvalue weighted by molar-refractivity contribution is -0.204. The van der Waals surface area contributed by atoms with Crippen molar-refractivity contribution in [2.45, 2.75) is 44.4 Å². The predicted molar refractivity (Wildman–Crippen MR) is 82.3 cm³/mol. The van der Waals surface area contributed by atoms with Crippen molar-refractivity contribution in [2.75, 3.05) is 26.3 Å². The Bertz CT molecular complexity index is 527. The molecule has 4 heterocycles. The summed E-state index contributed by atoms with van der Waals surface area (Å²) in [5.41, 5.74) is 1.15. The van der Waals surface area contributed by atoms with Gasteiger partial charge in [-0.15, -0.1) is 0 Å². The van der Waals surface area contributed by atoms with E-state index in [9.17, 15) is 4.79 Å². The van der Waals surface area contributed by atoms with E-state index in [1.54, 1.807) is 17.6 Å². The zero-order valence-electron chi connectivity index (χ0n) is 13.4. The molecule has 3 fully saturated rings. The van der Waals surface area contributed by atoms with E-state index in [0.717, 1.165) is 50.9 Å². The highest BCUT2D eigenvalue weighted by Crippen LogP contribution is 2.33. The topological polar surface area (TPSA) is 55.2 Å². The number of furan rings is 1. The van der Waals surface area contributed by atoms with Crippen molar-refractivity contribution >= 4 is 5.91 Å². The lowest BCUT2D eigenvalue weighted by Gasteiger charge is -2.41. The van der Waals surface area contributed by atoms with Crippen LogP contribution in [0.2, 0.25) is 0 Å². The molecular weight excluding hydrogens is 296 g/mol. The van der Waals surface area contributed by atoms with E-state index in [0.29, 0.717) is 19.2 Å². The molecule has 1 aromatic rings. The molecule has 0 N–H and O–H groups in total. The van der Waals surface area contributed by atoms with E-state index >= 15 is 0 Å². The summed E-state index contributed by atoms with van der Waals surface area (Å²) in [6.07, 6.45) is 7.56. The molecule has 0 aromatic carbocycles. The van der Waals surface area contributed by atoms with E-state index in [-0.39, 0.29) is 17.9 Å². The molecule has 126 valence electrons. The van der Waals surface area contributed by atoms with Gasteiger partial charge in [-0.3, -0.25) is 14.5 Å². The van der Waals surface area contributed by atoms with Gasteiger partial charge in [0.15, 0.2) is 0 Å². The lowest BCUT2D eigenvalue weighted by atomic mass is 9.89. The molecule has 0 bridgehead atoms. The van der Waals surface area contributed by atoms with Crippen molar-refractivity contribution in [2.24, 2.45) is 5.92 Å². The third kappa shape index (κ3) is 3.16. The number of likely N-dealkylation sites (tertiary alicyclic amines) is 1. The smallest absolute Gasteiger partial charge is 0.250 e. The zero-order chi connectivity index (χ0) is 15.6. The Balaban J connectivity index is 1.46. The quantitative estimate of drug-likeness (QED) is 0.850. The van der Waals surface area contributed by atoms with Crippen molar-refractivity contribution in [1.82, 2.24) is 9.96 Å². The summed E-state index contributed by atoms with van der Waals surface area (Å²) in [6, 6.07) is 2.40. The second kappa shape index (κ2) is 6.63. The molecule has 0 saturated carbocycles. The molecule has 1 aromatic heterocycles. The number of hydrogen-bond donors (Lipinski definition) is 0. The fraction of sp³-hybridized carbons (Fsp3) is 0.706. The molecule has 0 aliphatic carbocycles. The second-order valence-corrected chi connectivity index (χ2v) is 6.74. The van der Waals surface area contributed by atoms with Crippen LogP contribution in [0, 0.1) is 5.92 Å². The van der Waals surface area contributed by atoms with Gasteiger partial charge in [-0.25, -0.2) is 5.06 Å². The molecular formula is C17H24N2O4. The fourth-order valence-corrected chi connectivity index (χ4v) is 4.01. The number of fused-ring (bicyclic) bond motifs is 1. The van der Waals surface area contributed by atoms with Gasteiger partial charge < -0.3 is 9.15 Å². The number of nitrogens with zero attached hydrogens (tertiary/aromatic N) is 2. The van der Waals surface area contributed by atoms with Crippen LogP contribution in [0.5, 0.6) is 0 Å². The minimum Gasteiger partial charge on any atom is -0.472 e. The van der Waals surface area contributed by atoms with Gasteiger partial charge in [-0.1, -0.05) is 0 Å². The normalized spacial score (nSPS) is 32.0. The van der Waals surface area contributed by atoms with Crippen LogP contribution in [-0.2, 0) is 20.9 Å². The summed E-state index contributed by atoms with van der Waals surface area (Å²) in [5, 5.41) is 1.58. The lowest BCUT2D eigenvalue weighted by Crippen LogP contribution is -2.53. The van der Waals surface area contributed by atoms with Crippen LogP contribution in [0.15, 0.2) is 23.0 Å². The minimum absolute atomic E-state index is 0.0423. The van der Waals surface area contributed by atoms with Gasteiger partial charge in [0, 0.05) is 37.8 Å². The summed E-state index contributed by atoms with van der Waals surface area (Å²) in [6.45, 7) is 3.74. The molecule has 3 aliphatic rings. The van der Waals surface area contributed by atoms with E-state index in [1.165, 1.54) is 0 Å². The first-order chi connectivity index (χ1) is 11.3. The Morgan fingerprint density at radius 1 is 1.30 bits per heavy atom. The van der Waals surface area contributed by atoms with Gasteiger partial charge in [0.25, 0.3) is 5.91 Å². The van der Waals surface area contributed by atoms with E-state index < -0.39 is 0 Å². The van der Waals surface area contributed by atoms with Gasteiger partial charge >= 0.3 is 0 Å². The van der Waals surface area contributed by atoms with Crippen LogP contribution in [0.25, 0.3) is 0 Å². The highest BCUT2D eigenvalue weighted by Gasteiger charge is 2.43. The number of hydroxylamine groups is 2. The molecule has 0 unspecified atom stereocenters. The molecule has 0 spiro atoms. The van der Waals surface area contributed by atoms with Crippen molar-refractivity contribution in [3.8, 4) is 0 Å². The molecule has 6 heteroatoms. The Morgan fingerprint density at radius 2 is 2.26 bits per heavy atom. The maximum Gasteiger partial charge on any atom is 0.250 e. The fourth-order valence-electron chi connectivity index (χ4n) is 4.01. The molecule has 1 amide bonds. The summed E-state index contributed by atoms with van der Waals surface area (Å²) in [4.78, 5) is 20.7. The Morgan fingerprint density at radius 3 is 3.04 bits per heavy atom. The second-order valence-electron chi connectivity index (χ2n) is 6.74. The number of amides is 1. The zero-order valence-corrected chi connectivity index (χ0v) is 13.4. The van der Waals surface area contributed by atoms with Crippen LogP contribution in [0.3, 0.4) is 0 Å². The van der Waals surface area contributed by atoms with Gasteiger partial charge in [0.05, 0.1) is 31.2 Å². The molecule has 0 radical (unpaired) electrons. The highest BCUT2D eigenvalue weighted by molar-refractivity contribution is 5.78. The average molecular weight is 320 g/mol. The van der Waals surface area contributed by atoms with Crippen LogP contribution in [-0.4, -0.2) is 54.3 Å². The molecule has 4 rings (SSSR count). The maximum atomic E-state index is 12.8. The first-order valence-corrected chi connectivity index (χ1v) is 8.62. The van der Waals surface area contributed by atoms with Crippen LogP contribution in [0.1, 0.15) is 31.2 Å². The summed E-state index contributed by atoms with van der Waals surface area (Å²) < 4.78 is 11.1. The van der Waals surface area contributed by atoms with Crippen molar-refractivity contribution < 1.29 is 18.8 Å². The van der Waals surface area contributed by atoms with Gasteiger partial charge in [0.2, 0.25) is 0 Å². The summed E-state index contributed by atoms with van der Waals surface area (Å²) >= 11 is 0. The molecule has 23 heavy (non-hydrogen) atoms. The standard InChI is InChI=1S/C17H24N2O4/c20-17(19-5-1-2-6-23-19)14-9-16-15(4-8-22-16)18(11-14)10-13-3-7-21-12-13/h3,7,12,14-16H,1-2,4-6,8-11H2/t14-,15+,16+/m1/s1. The van der Waals surface area contributed by atoms with E-state index in [4.69, 9.17) is 14.0 Å². The van der Waals surface area contributed by atoms with Crippen LogP contribution < -0.4 is 0 Å². The first kappa shape index (κ1) is 15.2. The maximum absolute atomic E-state index is 12.8. The SMILES string of the molecule is O=C([C@@H]1C[C@@H]2OCC[C@@H]2N(Cc2ccoc2)C1)N1CCCCO1. The van der Waals surface area contributed by atoms with Gasteiger partial charge in [-0.2, -0.15) is 0 Å². The minimum atomic E-state index is -0.0423. The third-order valence-corrected chi connectivity index (χ3v) is 5.18. The number of hydrogen-bond acceptors (Lipinski definition) is 5. The molecule has 6 nitrogen and oxygen atoms in total. The summed E-state index contributed by atoms with van der Waals surface area (Å²) in [7, 11) is 0. The molecule has 3 saturated heterocycles. The highest BCUT2D eigenvalue weighted by atomic mass is 16.7. The number of rotatable bonds is 3. The predicted octanol–water partition coefficient (Wildman–Crippen LogP) is 1.81. The van der Waals surface area contributed by atoms with E-state index in [1.807, 2.05) is 6.07 Å². The third-order valence-electron chi connectivity index (χ3n) is 5.18. The van der Waals surface area contributed by atoms with Crippen molar-refractivity contribution in [1.29, 1.82) is 0 Å². The largest absolute Gasteiger partial charge is 0.472 e. The molecule has 3 atom stereocenters. The monoisotopic (exact) mass is 320 g/mol. The Kier molecular flexibility index (Phi) is 4.37. The Hall–Kier alpha value is -1.37. The van der Waals surface area contributed by atoms with Crippen LogP contribution in [0.4, 0.5) is 0 Å². The number of carbonyl (C=O) groups excluding carboxylic acids is 1. The average Bonchev–Trinajstić information content (AvgIpc) is 3.26. The van der Waals surface area contributed by atoms with Crippen molar-refractivity contribution in [3.05, 3.63) is 24.2 Å². The van der Waals surface area contributed by atoms with E-state index in [2.05, 4.69) is 4.90 Å². The molecule has 3 aliphatic heterocycles. The number of piperidine rings is 1. The van der Waals surface area contributed by atoms with Gasteiger partial charge in [0.1, 0.15) is 0 Å². The van der Waals surface area contributed by atoms with Crippen molar-refractivity contribution in [3.63, 3.8) is 0 Å². The number of carbonyl (C=O) groups is 1. The Labute approximate surface area is 136 Å². The number of ether oxygens (including phenoxy) is 1. The van der Waals surface area contributed by atoms with Gasteiger partial charge in [-0.05, 0) is 31.7 Å².